The first-order chi connectivity index (χ1) is 10.1. The Labute approximate surface area is 136 Å². The summed E-state index contributed by atoms with van der Waals surface area (Å²) in [7, 11) is 0. The minimum Gasteiger partial charge on any atom is -0.380 e. The number of ether oxygens (including phenoxy) is 2. The van der Waals surface area contributed by atoms with Gasteiger partial charge in [-0.2, -0.15) is 5.10 Å². The number of aryl methyl sites for hydroxylation is 2. The van der Waals surface area contributed by atoms with Gasteiger partial charge in [0.05, 0.1) is 29.1 Å². The summed E-state index contributed by atoms with van der Waals surface area (Å²) in [5.74, 6) is 0. The third kappa shape index (κ3) is 6.06. The highest BCUT2D eigenvalue weighted by atomic mass is 79.9. The predicted octanol–water partition coefficient (Wildman–Crippen LogP) is 2.85. The van der Waals surface area contributed by atoms with E-state index in [1.807, 2.05) is 20.8 Å². The number of aromatic nitrogens is 2. The number of hydrogen-bond donors (Lipinski definition) is 0. The number of nitrogens with zero attached hydrogens (tertiary/aromatic N) is 3. The molecule has 1 aromatic rings. The minimum absolute atomic E-state index is 0.749. The van der Waals surface area contributed by atoms with Crippen molar-refractivity contribution < 1.29 is 9.47 Å². The third-order valence-corrected chi connectivity index (χ3v) is 4.37. The molecule has 0 fully saturated rings. The molecule has 5 nitrogen and oxygen atoms in total. The molecule has 0 atom stereocenters. The Kier molecular flexibility index (Phi) is 9.15. The summed E-state index contributed by atoms with van der Waals surface area (Å²) in [6.07, 6.45) is 0. The van der Waals surface area contributed by atoms with Gasteiger partial charge in [0.1, 0.15) is 0 Å². The normalized spacial score (nSPS) is 11.5. The molecule has 0 saturated heterocycles. The van der Waals surface area contributed by atoms with Crippen molar-refractivity contribution in [2.45, 2.75) is 40.8 Å². The molecule has 1 rings (SSSR count). The van der Waals surface area contributed by atoms with Gasteiger partial charge in [-0.1, -0.05) is 0 Å². The Balaban J connectivity index is 2.69. The summed E-state index contributed by atoms with van der Waals surface area (Å²) in [6.45, 7) is 14.8. The van der Waals surface area contributed by atoms with Crippen LogP contribution >= 0.6 is 15.9 Å². The highest BCUT2D eigenvalue weighted by Crippen LogP contribution is 2.22. The molecule has 6 heteroatoms. The van der Waals surface area contributed by atoms with Crippen LogP contribution in [-0.2, 0) is 22.6 Å². The highest BCUT2D eigenvalue weighted by molar-refractivity contribution is 9.10. The molecule has 21 heavy (non-hydrogen) atoms. The first kappa shape index (κ1) is 18.6. The summed E-state index contributed by atoms with van der Waals surface area (Å²) < 4.78 is 14.1. The average molecular weight is 362 g/mol. The zero-order chi connectivity index (χ0) is 15.7. The summed E-state index contributed by atoms with van der Waals surface area (Å²) in [6, 6.07) is 0. The number of hydrogen-bond acceptors (Lipinski definition) is 4. The molecule has 1 heterocycles. The molecule has 0 bridgehead atoms. The molecule has 0 aliphatic carbocycles. The number of halogens is 1. The van der Waals surface area contributed by atoms with E-state index < -0.39 is 0 Å². The second-order valence-corrected chi connectivity index (χ2v) is 5.62. The molecule has 0 aliphatic rings. The van der Waals surface area contributed by atoms with Crippen molar-refractivity contribution in [1.29, 1.82) is 0 Å². The van der Waals surface area contributed by atoms with Gasteiger partial charge in [0, 0.05) is 39.4 Å². The van der Waals surface area contributed by atoms with E-state index in [2.05, 4.69) is 37.5 Å². The molecule has 0 spiro atoms. The van der Waals surface area contributed by atoms with Gasteiger partial charge in [0.25, 0.3) is 0 Å². The molecule has 122 valence electrons. The third-order valence-electron chi connectivity index (χ3n) is 3.34. The zero-order valence-corrected chi connectivity index (χ0v) is 15.3. The molecule has 0 aliphatic heterocycles. The Morgan fingerprint density at radius 1 is 1.10 bits per heavy atom. The van der Waals surface area contributed by atoms with E-state index in [4.69, 9.17) is 9.47 Å². The lowest BCUT2D eigenvalue weighted by Gasteiger charge is -2.22. The summed E-state index contributed by atoms with van der Waals surface area (Å²) in [5, 5.41) is 4.56. The van der Waals surface area contributed by atoms with Crippen LogP contribution < -0.4 is 0 Å². The van der Waals surface area contributed by atoms with Crippen LogP contribution in [0, 0.1) is 6.92 Å². The maximum Gasteiger partial charge on any atom is 0.0739 e. The van der Waals surface area contributed by atoms with E-state index in [-0.39, 0.29) is 0 Å². The fourth-order valence-electron chi connectivity index (χ4n) is 2.18. The molecular weight excluding hydrogens is 334 g/mol. The van der Waals surface area contributed by atoms with E-state index in [1.165, 1.54) is 5.69 Å². The maximum absolute atomic E-state index is 5.48. The molecule has 0 saturated carbocycles. The van der Waals surface area contributed by atoms with E-state index >= 15 is 0 Å². The van der Waals surface area contributed by atoms with Crippen LogP contribution in [0.3, 0.4) is 0 Å². The topological polar surface area (TPSA) is 39.5 Å². The Bertz CT molecular complexity index is 400. The van der Waals surface area contributed by atoms with Gasteiger partial charge < -0.3 is 9.47 Å². The molecule has 0 N–H and O–H groups in total. The van der Waals surface area contributed by atoms with Crippen molar-refractivity contribution in [3.05, 3.63) is 15.9 Å². The smallest absolute Gasteiger partial charge is 0.0739 e. The predicted molar refractivity (Wildman–Crippen MR) is 88.6 cm³/mol. The van der Waals surface area contributed by atoms with Crippen LogP contribution in [0.1, 0.15) is 32.2 Å². The molecule has 0 radical (unpaired) electrons. The van der Waals surface area contributed by atoms with Gasteiger partial charge in [-0.05, 0) is 43.6 Å². The van der Waals surface area contributed by atoms with Crippen LogP contribution in [0.15, 0.2) is 4.47 Å². The van der Waals surface area contributed by atoms with E-state index in [0.29, 0.717) is 0 Å². The summed E-state index contributed by atoms with van der Waals surface area (Å²) >= 11 is 3.66. The lowest BCUT2D eigenvalue weighted by molar-refractivity contribution is 0.0785. The second-order valence-electron chi connectivity index (χ2n) is 4.83. The molecular formula is C15H28BrN3O2. The monoisotopic (exact) mass is 361 g/mol. The first-order valence-electron chi connectivity index (χ1n) is 7.73. The SMILES string of the molecule is CCOCCN(CCOCC)Cc1c(Br)c(C)nn1CC. The molecule has 0 aromatic carbocycles. The van der Waals surface area contributed by atoms with Crippen LogP contribution in [0.25, 0.3) is 0 Å². The van der Waals surface area contributed by atoms with Gasteiger partial charge in [-0.25, -0.2) is 0 Å². The van der Waals surface area contributed by atoms with Gasteiger partial charge in [0.2, 0.25) is 0 Å². The average Bonchev–Trinajstić information content (AvgIpc) is 2.75. The van der Waals surface area contributed by atoms with E-state index in [1.54, 1.807) is 0 Å². The molecule has 0 unspecified atom stereocenters. The largest absolute Gasteiger partial charge is 0.380 e. The first-order valence-corrected chi connectivity index (χ1v) is 8.52. The minimum atomic E-state index is 0.749. The number of rotatable bonds is 11. The van der Waals surface area contributed by atoms with Crippen LogP contribution in [0.2, 0.25) is 0 Å². The quantitative estimate of drug-likeness (QED) is 0.568. The lowest BCUT2D eigenvalue weighted by atomic mass is 10.3. The van der Waals surface area contributed by atoms with Crippen molar-refractivity contribution in [3.63, 3.8) is 0 Å². The van der Waals surface area contributed by atoms with E-state index in [0.717, 1.165) is 62.8 Å². The molecule has 0 amide bonds. The van der Waals surface area contributed by atoms with Crippen molar-refractivity contribution >= 4 is 15.9 Å². The van der Waals surface area contributed by atoms with Crippen molar-refractivity contribution in [2.75, 3.05) is 39.5 Å². The zero-order valence-electron chi connectivity index (χ0n) is 13.7. The van der Waals surface area contributed by atoms with Gasteiger partial charge in [-0.3, -0.25) is 9.58 Å². The fraction of sp³-hybridized carbons (Fsp3) is 0.800. The Morgan fingerprint density at radius 2 is 1.67 bits per heavy atom. The second kappa shape index (κ2) is 10.3. The van der Waals surface area contributed by atoms with Crippen molar-refractivity contribution in [1.82, 2.24) is 14.7 Å². The van der Waals surface area contributed by atoms with Crippen LogP contribution in [0.5, 0.6) is 0 Å². The maximum atomic E-state index is 5.48. The van der Waals surface area contributed by atoms with Gasteiger partial charge in [-0.15, -0.1) is 0 Å². The van der Waals surface area contributed by atoms with Crippen LogP contribution in [-0.4, -0.2) is 54.2 Å². The van der Waals surface area contributed by atoms with Gasteiger partial charge >= 0.3 is 0 Å². The fourth-order valence-corrected chi connectivity index (χ4v) is 2.59. The van der Waals surface area contributed by atoms with Crippen LogP contribution in [0.4, 0.5) is 0 Å². The standard InChI is InChI=1S/C15H28BrN3O2/c1-5-19-14(15(16)13(4)17-19)12-18(8-10-20-6-2)9-11-21-7-3/h5-12H2,1-4H3. The molecule has 1 aromatic heterocycles. The lowest BCUT2D eigenvalue weighted by Crippen LogP contribution is -2.31. The van der Waals surface area contributed by atoms with Crippen molar-refractivity contribution in [3.8, 4) is 0 Å². The van der Waals surface area contributed by atoms with E-state index in [9.17, 15) is 0 Å². The van der Waals surface area contributed by atoms with Crippen molar-refractivity contribution in [2.24, 2.45) is 0 Å². The Morgan fingerprint density at radius 3 is 2.14 bits per heavy atom. The highest BCUT2D eigenvalue weighted by Gasteiger charge is 2.15. The Hall–Kier alpha value is -0.430. The summed E-state index contributed by atoms with van der Waals surface area (Å²) in [5.41, 5.74) is 2.27. The summed E-state index contributed by atoms with van der Waals surface area (Å²) in [4.78, 5) is 2.36. The van der Waals surface area contributed by atoms with Gasteiger partial charge in [0.15, 0.2) is 0 Å².